The van der Waals surface area contributed by atoms with Crippen molar-refractivity contribution < 1.29 is 34.8 Å². The third-order valence-electron chi connectivity index (χ3n) is 20.4. The Bertz CT molecular complexity index is 1960. The molecule has 5 N–H and O–H groups in total. The first-order chi connectivity index (χ1) is 29.4. The molecule has 9 aliphatic rings. The molecular weight excluding hydrogens is 763 g/mol. The molecule has 8 aliphatic carbocycles. The van der Waals surface area contributed by atoms with Crippen LogP contribution in [-0.2, 0) is 20.7 Å². The van der Waals surface area contributed by atoms with Crippen LogP contribution in [0.15, 0.2) is 35.9 Å². The molecule has 0 aromatic heterocycles. The van der Waals surface area contributed by atoms with Crippen molar-refractivity contribution in [3.8, 4) is 11.8 Å². The lowest BCUT2D eigenvalue weighted by Gasteiger charge is -2.72. The van der Waals surface area contributed by atoms with Crippen LogP contribution >= 0.6 is 0 Å². The van der Waals surface area contributed by atoms with Gasteiger partial charge in [-0.3, -0.25) is 0 Å². The monoisotopic (exact) mass is 836 g/mol. The topological polar surface area (TPSA) is 136 Å². The number of likely N-dealkylation sites (N-methyl/N-ethyl adjacent to an activating group) is 1. The quantitative estimate of drug-likeness (QED) is 0.0789. The summed E-state index contributed by atoms with van der Waals surface area (Å²) in [5.74, 6) is 6.08. The molecule has 8 nitrogen and oxygen atoms in total. The van der Waals surface area contributed by atoms with Gasteiger partial charge in [0.15, 0.2) is 0 Å². The number of carbonyl (C=O) groups is 2. The third-order valence-corrected chi connectivity index (χ3v) is 20.4. The van der Waals surface area contributed by atoms with Crippen LogP contribution in [0.25, 0.3) is 0 Å². The zero-order chi connectivity index (χ0) is 42.5. The number of hydrogen-bond acceptors (Lipinski definition) is 8. The van der Waals surface area contributed by atoms with E-state index in [0.29, 0.717) is 69.1 Å². The van der Waals surface area contributed by atoms with Crippen molar-refractivity contribution in [3.63, 3.8) is 0 Å². The Hall–Kier alpha value is -2.54. The van der Waals surface area contributed by atoms with Gasteiger partial charge in [-0.05, 0) is 143 Å². The maximum Gasteiger partial charge on any atom is 0.331 e. The van der Waals surface area contributed by atoms with Crippen LogP contribution in [0.4, 0.5) is 0 Å². The van der Waals surface area contributed by atoms with E-state index < -0.39 is 57.6 Å². The number of unbranched alkanes of at least 4 members (excludes halogenated alkanes) is 2. The molecule has 4 bridgehead atoms. The van der Waals surface area contributed by atoms with Gasteiger partial charge in [0.1, 0.15) is 18.0 Å². The van der Waals surface area contributed by atoms with E-state index in [0.717, 1.165) is 62.4 Å². The Kier molecular flexibility index (Phi) is 10.8. The molecule has 1 heterocycles. The average Bonchev–Trinajstić information content (AvgIpc) is 3.96. The van der Waals surface area contributed by atoms with Gasteiger partial charge >= 0.3 is 5.97 Å². The van der Waals surface area contributed by atoms with Crippen molar-refractivity contribution in [1.29, 1.82) is 0 Å². The Balaban J connectivity index is 1.13. The zero-order valence-electron chi connectivity index (χ0n) is 37.1. The van der Waals surface area contributed by atoms with Crippen LogP contribution in [0.5, 0.6) is 0 Å². The van der Waals surface area contributed by atoms with Crippen LogP contribution in [-0.4, -0.2) is 74.8 Å². The first-order valence-electron chi connectivity index (χ1n) is 24.9. The van der Waals surface area contributed by atoms with Crippen molar-refractivity contribution in [2.24, 2.45) is 70.0 Å². The number of esters is 1. The lowest BCUT2D eigenvalue weighted by Crippen LogP contribution is -2.81. The Morgan fingerprint density at radius 3 is 2.56 bits per heavy atom. The van der Waals surface area contributed by atoms with Crippen molar-refractivity contribution in [2.75, 3.05) is 7.05 Å². The number of aldehydes is 1. The van der Waals surface area contributed by atoms with Gasteiger partial charge < -0.3 is 35.3 Å². The van der Waals surface area contributed by atoms with Crippen LogP contribution in [0.1, 0.15) is 147 Å². The molecule has 0 amide bonds. The molecule has 1 aromatic carbocycles. The smallest absolute Gasteiger partial charge is 0.331 e. The highest BCUT2D eigenvalue weighted by atomic mass is 16.5. The first-order valence-corrected chi connectivity index (χ1v) is 24.9. The minimum Gasteiger partial charge on any atom is -0.454 e. The van der Waals surface area contributed by atoms with E-state index in [1.165, 1.54) is 31.2 Å². The van der Waals surface area contributed by atoms with Crippen LogP contribution in [0.2, 0.25) is 0 Å². The van der Waals surface area contributed by atoms with Gasteiger partial charge in [-0.1, -0.05) is 88.8 Å². The molecule has 1 spiro atoms. The van der Waals surface area contributed by atoms with Gasteiger partial charge in [-0.25, -0.2) is 4.79 Å². The summed E-state index contributed by atoms with van der Waals surface area (Å²) in [5, 5.41) is 58.6. The molecule has 7 saturated carbocycles. The predicted molar refractivity (Wildman–Crippen MR) is 234 cm³/mol. The van der Waals surface area contributed by atoms with Gasteiger partial charge in [0.25, 0.3) is 0 Å². The summed E-state index contributed by atoms with van der Waals surface area (Å²) >= 11 is 0. The van der Waals surface area contributed by atoms with Crippen LogP contribution < -0.4 is 5.32 Å². The second-order valence-electron chi connectivity index (χ2n) is 22.4. The molecule has 0 radical (unpaired) electrons. The number of fused-ring (bicyclic) bond motifs is 7. The Morgan fingerprint density at radius 1 is 0.984 bits per heavy atom. The summed E-state index contributed by atoms with van der Waals surface area (Å²) in [5.41, 5.74) is -3.78. The van der Waals surface area contributed by atoms with E-state index in [4.69, 9.17) is 4.74 Å². The summed E-state index contributed by atoms with van der Waals surface area (Å²) in [7, 11) is 1.99. The van der Waals surface area contributed by atoms with E-state index in [2.05, 4.69) is 49.2 Å². The summed E-state index contributed by atoms with van der Waals surface area (Å²) in [6.45, 7) is 4.58. The molecule has 1 aliphatic heterocycles. The summed E-state index contributed by atoms with van der Waals surface area (Å²) < 4.78 is 6.29. The zero-order valence-corrected chi connectivity index (χ0v) is 37.1. The second-order valence-corrected chi connectivity index (χ2v) is 22.4. The van der Waals surface area contributed by atoms with Crippen molar-refractivity contribution in [2.45, 2.75) is 177 Å². The van der Waals surface area contributed by atoms with E-state index >= 15 is 0 Å². The van der Waals surface area contributed by atoms with Crippen molar-refractivity contribution in [1.82, 2.24) is 5.32 Å². The highest BCUT2D eigenvalue weighted by molar-refractivity contribution is 5.86. The van der Waals surface area contributed by atoms with E-state index in [-0.39, 0.29) is 42.1 Å². The fraction of sp³-hybridized carbons (Fsp3) is 0.774. The Morgan fingerprint density at radius 2 is 1.79 bits per heavy atom. The van der Waals surface area contributed by atoms with E-state index in [9.17, 15) is 30.0 Å². The average molecular weight is 836 g/mol. The van der Waals surface area contributed by atoms with Crippen molar-refractivity contribution in [3.05, 3.63) is 47.0 Å². The molecule has 8 heteroatoms. The first kappa shape index (κ1) is 42.4. The van der Waals surface area contributed by atoms with Crippen LogP contribution in [0, 0.1) is 81.8 Å². The third kappa shape index (κ3) is 5.94. The normalized spacial score (nSPS) is 47.9. The number of carbonyl (C=O) groups excluding carboxylic acids is 2. The van der Waals surface area contributed by atoms with E-state index in [1.807, 2.05) is 13.1 Å². The molecule has 10 rings (SSSR count). The van der Waals surface area contributed by atoms with Gasteiger partial charge in [0.05, 0.1) is 22.7 Å². The van der Waals surface area contributed by atoms with Crippen LogP contribution in [0.3, 0.4) is 0 Å². The lowest BCUT2D eigenvalue weighted by molar-refractivity contribution is -0.348. The number of hydrogen-bond donors (Lipinski definition) is 5. The molecule has 1 aromatic rings. The number of nitrogens with one attached hydrogen (secondary N) is 1. The summed E-state index contributed by atoms with van der Waals surface area (Å²) in [6, 6.07) is 8.32. The number of aliphatic hydroxyl groups excluding tert-OH is 1. The van der Waals surface area contributed by atoms with Crippen molar-refractivity contribution >= 4 is 12.3 Å². The number of ether oxygens (including phenoxy) is 1. The predicted octanol–water partition coefficient (Wildman–Crippen LogP) is 7.47. The van der Waals surface area contributed by atoms with Gasteiger partial charge in [0, 0.05) is 47.3 Å². The summed E-state index contributed by atoms with van der Waals surface area (Å²) in [6.07, 6.45) is 17.2. The lowest BCUT2D eigenvalue weighted by atomic mass is 9.35. The largest absolute Gasteiger partial charge is 0.454 e. The van der Waals surface area contributed by atoms with Gasteiger partial charge in [-0.2, -0.15) is 0 Å². The minimum atomic E-state index is -1.68. The molecule has 0 unspecified atom stereocenters. The highest BCUT2D eigenvalue weighted by Crippen LogP contribution is 2.78. The summed E-state index contributed by atoms with van der Waals surface area (Å²) in [4.78, 5) is 28.0. The van der Waals surface area contributed by atoms with E-state index in [1.54, 1.807) is 6.08 Å². The van der Waals surface area contributed by atoms with Gasteiger partial charge in [0.2, 0.25) is 0 Å². The minimum absolute atomic E-state index is 0.0175. The number of benzene rings is 1. The fourth-order valence-corrected chi connectivity index (χ4v) is 17.8. The molecule has 7 fully saturated rings. The standard InChI is InChI=1S/C53H73NO7/c1-4-5-6-18-37-28-50(31-55)44-21-23-49-22-12-11-16-34-15-9-10-17-36(34)26-43(54-3)40-25-38(46(49)41-27-45(56)61-48(40)41)29-52(49,59)51(44,58)30-39-24-35(32(2)33-13-7-8-14-33)19-20-42(47(37)57)53(39,50)60/h9-10,15,17,27,31-33,35,37-40,42-44,46-48,54,57-60H,4-8,12-14,18-26,28-30H2,1-3H3/t32-,35-,37-,38-,39+,40-,42+,43+,44+,46+,47-,48+,49+,50-,51-,52+,53-/m0/s1. The second kappa shape index (κ2) is 15.6. The van der Waals surface area contributed by atoms with Gasteiger partial charge in [-0.15, -0.1) is 0 Å². The number of rotatable bonds is 8. The maximum atomic E-state index is 14.6. The highest BCUT2D eigenvalue weighted by Gasteiger charge is 2.83. The SMILES string of the molecule is CCCCC[C@H]1C[C@]2(C=O)[C@H]3CC[C@@]45CCC#Cc6ccccc6C[C@@H](NC)[C@@H]6C[C@@H](C[C@]4(O)[C@]3(O)C[C@H]3C[C@@H]([C@@H](C)C4CCCC4)CC[C@H]([C@H]1O)[C@@]32O)[C@@H]5C1=CC(=O)O[C@@H]16. The molecular formula is C53H73NO7. The molecule has 332 valence electrons. The Labute approximate surface area is 364 Å². The molecule has 17 atom stereocenters. The number of aliphatic hydroxyl groups is 4. The maximum absolute atomic E-state index is 14.6. The fourth-order valence-electron chi connectivity index (χ4n) is 17.8. The molecule has 61 heavy (non-hydrogen) atoms. The molecule has 0 saturated heterocycles.